The zero-order chi connectivity index (χ0) is 18.1. The highest BCUT2D eigenvalue weighted by Gasteiger charge is 2.29. The Morgan fingerprint density at radius 3 is 2.96 bits per heavy atom. The van der Waals surface area contributed by atoms with Crippen molar-refractivity contribution in [3.63, 3.8) is 0 Å². The number of nitrogens with one attached hydrogen (secondary N) is 1. The smallest absolute Gasteiger partial charge is 0.271 e. The lowest BCUT2D eigenvalue weighted by atomic mass is 10.2. The van der Waals surface area contributed by atoms with Gasteiger partial charge in [-0.25, -0.2) is 9.50 Å². The number of hydrogen-bond acceptors (Lipinski definition) is 5. The van der Waals surface area contributed by atoms with Gasteiger partial charge in [0.05, 0.1) is 6.20 Å². The summed E-state index contributed by atoms with van der Waals surface area (Å²) in [5.74, 6) is -0.373. The molecule has 2 N–H and O–H groups in total. The lowest BCUT2D eigenvalue weighted by Gasteiger charge is -2.17. The molecular formula is C18H17N5O3. The highest BCUT2D eigenvalue weighted by atomic mass is 16.3. The van der Waals surface area contributed by atoms with Crippen LogP contribution >= 0.6 is 0 Å². The van der Waals surface area contributed by atoms with Crippen molar-refractivity contribution in [2.24, 2.45) is 0 Å². The van der Waals surface area contributed by atoms with Gasteiger partial charge in [-0.1, -0.05) is 6.07 Å². The topological polar surface area (TPSA) is 99.8 Å². The van der Waals surface area contributed by atoms with Gasteiger partial charge in [0.15, 0.2) is 5.65 Å². The van der Waals surface area contributed by atoms with Gasteiger partial charge in [-0.2, -0.15) is 5.10 Å². The number of aromatic hydroxyl groups is 1. The molecule has 0 radical (unpaired) electrons. The van der Waals surface area contributed by atoms with E-state index < -0.39 is 0 Å². The number of amides is 2. The Bertz CT molecular complexity index is 984. The van der Waals surface area contributed by atoms with Crippen molar-refractivity contribution < 1.29 is 14.7 Å². The van der Waals surface area contributed by atoms with Crippen LogP contribution in [0, 0.1) is 0 Å². The molecule has 0 spiro atoms. The Labute approximate surface area is 149 Å². The van der Waals surface area contributed by atoms with E-state index in [2.05, 4.69) is 15.4 Å². The minimum absolute atomic E-state index is 0.0556. The number of carbonyl (C=O) groups excluding carboxylic acids is 2. The van der Waals surface area contributed by atoms with Crippen molar-refractivity contribution in [1.82, 2.24) is 24.8 Å². The van der Waals surface area contributed by atoms with Crippen LogP contribution in [-0.4, -0.2) is 55.6 Å². The highest BCUT2D eigenvalue weighted by Crippen LogP contribution is 2.17. The maximum Gasteiger partial charge on any atom is 0.271 e. The summed E-state index contributed by atoms with van der Waals surface area (Å²) in [4.78, 5) is 30.9. The fraction of sp³-hybridized carbons (Fsp3) is 0.222. The van der Waals surface area contributed by atoms with Crippen LogP contribution in [0.1, 0.15) is 27.3 Å². The standard InChI is InChI=1S/C18H17N5O3/c24-14-4-1-3-12(9-14)18(26)22-8-6-13(11-22)21-17(25)15-10-19-16-5-2-7-20-23(15)16/h1-5,7,9-10,13,24H,6,8,11H2,(H,21,25). The molecule has 26 heavy (non-hydrogen) atoms. The molecule has 3 aromatic rings. The molecular weight excluding hydrogens is 334 g/mol. The third-order valence-electron chi connectivity index (χ3n) is 4.41. The Balaban J connectivity index is 1.43. The van der Waals surface area contributed by atoms with Gasteiger partial charge < -0.3 is 15.3 Å². The summed E-state index contributed by atoms with van der Waals surface area (Å²) in [6, 6.07) is 9.65. The number of carbonyl (C=O) groups is 2. The predicted molar refractivity (Wildman–Crippen MR) is 92.9 cm³/mol. The second kappa shape index (κ2) is 6.47. The van der Waals surface area contributed by atoms with E-state index in [1.165, 1.54) is 22.8 Å². The molecule has 4 rings (SSSR count). The number of nitrogens with zero attached hydrogens (tertiary/aromatic N) is 4. The maximum absolute atomic E-state index is 12.5. The number of imidazole rings is 1. The van der Waals surface area contributed by atoms with Gasteiger partial charge in [-0.05, 0) is 36.8 Å². The van der Waals surface area contributed by atoms with Gasteiger partial charge in [-0.15, -0.1) is 0 Å². The average molecular weight is 351 g/mol. The molecule has 0 saturated carbocycles. The van der Waals surface area contributed by atoms with Gasteiger partial charge in [0.2, 0.25) is 0 Å². The molecule has 1 unspecified atom stereocenters. The Hall–Kier alpha value is -3.42. The van der Waals surface area contributed by atoms with E-state index in [-0.39, 0.29) is 23.6 Å². The molecule has 1 atom stereocenters. The van der Waals surface area contributed by atoms with Crippen molar-refractivity contribution >= 4 is 17.5 Å². The number of phenols is 1. The first kappa shape index (κ1) is 16.1. The maximum atomic E-state index is 12.5. The molecule has 1 aliphatic rings. The van der Waals surface area contributed by atoms with Gasteiger partial charge in [0.25, 0.3) is 11.8 Å². The molecule has 132 valence electrons. The van der Waals surface area contributed by atoms with Crippen molar-refractivity contribution in [1.29, 1.82) is 0 Å². The molecule has 1 aliphatic heterocycles. The summed E-state index contributed by atoms with van der Waals surface area (Å²) in [6.45, 7) is 0.967. The van der Waals surface area contributed by atoms with Crippen molar-refractivity contribution in [2.75, 3.05) is 13.1 Å². The van der Waals surface area contributed by atoms with Crippen molar-refractivity contribution in [2.45, 2.75) is 12.5 Å². The molecule has 8 heteroatoms. The molecule has 1 saturated heterocycles. The Kier molecular flexibility index (Phi) is 4.00. The van der Waals surface area contributed by atoms with E-state index in [9.17, 15) is 14.7 Å². The minimum Gasteiger partial charge on any atom is -0.508 e. The Morgan fingerprint density at radius 2 is 2.12 bits per heavy atom. The molecule has 0 bridgehead atoms. The van der Waals surface area contributed by atoms with E-state index >= 15 is 0 Å². The fourth-order valence-electron chi connectivity index (χ4n) is 3.13. The fourth-order valence-corrected chi connectivity index (χ4v) is 3.13. The number of likely N-dealkylation sites (tertiary alicyclic amines) is 1. The molecule has 0 aliphatic carbocycles. The summed E-state index contributed by atoms with van der Waals surface area (Å²) in [5.41, 5.74) is 1.39. The minimum atomic E-state index is -0.271. The quantitative estimate of drug-likeness (QED) is 0.735. The number of benzene rings is 1. The highest BCUT2D eigenvalue weighted by molar-refractivity contribution is 5.95. The van der Waals surface area contributed by atoms with Crippen LogP contribution in [0.2, 0.25) is 0 Å². The second-order valence-corrected chi connectivity index (χ2v) is 6.20. The van der Waals surface area contributed by atoms with Gasteiger partial charge in [-0.3, -0.25) is 9.59 Å². The summed E-state index contributed by atoms with van der Waals surface area (Å²) < 4.78 is 1.49. The third-order valence-corrected chi connectivity index (χ3v) is 4.41. The third kappa shape index (κ3) is 2.97. The number of rotatable bonds is 3. The SMILES string of the molecule is O=C(NC1CCN(C(=O)c2cccc(O)c2)C1)c1cnc2cccnn12. The lowest BCUT2D eigenvalue weighted by Crippen LogP contribution is -2.39. The number of phenolic OH excluding ortho intramolecular Hbond substituents is 1. The van der Waals surface area contributed by atoms with Crippen LogP contribution < -0.4 is 5.32 Å². The summed E-state index contributed by atoms with van der Waals surface area (Å²) in [5, 5.41) is 16.6. The number of aromatic nitrogens is 3. The number of hydrogen-bond donors (Lipinski definition) is 2. The van der Waals surface area contributed by atoms with Crippen molar-refractivity contribution in [3.8, 4) is 5.75 Å². The van der Waals surface area contributed by atoms with E-state index in [1.54, 1.807) is 35.4 Å². The van der Waals surface area contributed by atoms with Crippen LogP contribution in [0.3, 0.4) is 0 Å². The van der Waals surface area contributed by atoms with E-state index in [4.69, 9.17) is 0 Å². The molecule has 2 aromatic heterocycles. The molecule has 8 nitrogen and oxygen atoms in total. The van der Waals surface area contributed by atoms with Gasteiger partial charge in [0, 0.05) is 30.9 Å². The van der Waals surface area contributed by atoms with Gasteiger partial charge >= 0.3 is 0 Å². The normalized spacial score (nSPS) is 16.8. The first-order chi connectivity index (χ1) is 12.6. The van der Waals surface area contributed by atoms with Crippen LogP contribution in [0.25, 0.3) is 5.65 Å². The van der Waals surface area contributed by atoms with E-state index in [1.807, 2.05) is 0 Å². The monoisotopic (exact) mass is 351 g/mol. The van der Waals surface area contributed by atoms with Crippen LogP contribution in [0.4, 0.5) is 0 Å². The average Bonchev–Trinajstić information content (AvgIpc) is 3.28. The first-order valence-electron chi connectivity index (χ1n) is 8.30. The zero-order valence-electron chi connectivity index (χ0n) is 13.9. The zero-order valence-corrected chi connectivity index (χ0v) is 13.9. The van der Waals surface area contributed by atoms with Crippen LogP contribution in [-0.2, 0) is 0 Å². The Morgan fingerprint density at radius 1 is 1.23 bits per heavy atom. The van der Waals surface area contributed by atoms with Crippen LogP contribution in [0.15, 0.2) is 48.8 Å². The first-order valence-corrected chi connectivity index (χ1v) is 8.30. The molecule has 2 amide bonds. The van der Waals surface area contributed by atoms with E-state index in [0.29, 0.717) is 36.4 Å². The molecule has 1 aromatic carbocycles. The largest absolute Gasteiger partial charge is 0.508 e. The summed E-state index contributed by atoms with van der Waals surface area (Å²) in [6.07, 6.45) is 3.75. The summed E-state index contributed by atoms with van der Waals surface area (Å²) >= 11 is 0. The van der Waals surface area contributed by atoms with Crippen LogP contribution in [0.5, 0.6) is 5.75 Å². The van der Waals surface area contributed by atoms with E-state index in [0.717, 1.165) is 0 Å². The molecule has 3 heterocycles. The lowest BCUT2D eigenvalue weighted by molar-refractivity contribution is 0.0782. The second-order valence-electron chi connectivity index (χ2n) is 6.20. The predicted octanol–water partition coefficient (Wildman–Crippen LogP) is 1.08. The van der Waals surface area contributed by atoms with Crippen molar-refractivity contribution in [3.05, 3.63) is 60.0 Å². The molecule has 1 fully saturated rings. The van der Waals surface area contributed by atoms with Gasteiger partial charge in [0.1, 0.15) is 11.4 Å². The summed E-state index contributed by atoms with van der Waals surface area (Å²) in [7, 11) is 0. The number of fused-ring (bicyclic) bond motifs is 1.